The number of aliphatic hydroxyl groups is 1. The molecule has 0 saturated carbocycles. The lowest BCUT2D eigenvalue weighted by Gasteiger charge is -2.11. The summed E-state index contributed by atoms with van der Waals surface area (Å²) in [4.78, 5) is 22.6. The van der Waals surface area contributed by atoms with Crippen molar-refractivity contribution < 1.29 is 14.8 Å². The van der Waals surface area contributed by atoms with Gasteiger partial charge in [0.2, 0.25) is 0 Å². The Labute approximate surface area is 120 Å². The van der Waals surface area contributed by atoms with E-state index in [2.05, 4.69) is 0 Å². The Balaban J connectivity index is 2.59. The summed E-state index contributed by atoms with van der Waals surface area (Å²) in [6, 6.07) is 7.34. The van der Waals surface area contributed by atoms with Crippen LogP contribution in [0.3, 0.4) is 0 Å². The first-order valence-corrected chi connectivity index (χ1v) is 6.22. The monoisotopic (exact) mass is 290 g/mol. The average molecular weight is 290 g/mol. The number of pyridine rings is 1. The molecule has 2 rings (SSSR count). The third-order valence-electron chi connectivity index (χ3n) is 3.04. The van der Waals surface area contributed by atoms with Crippen molar-refractivity contribution in [2.45, 2.75) is 6.42 Å². The van der Waals surface area contributed by atoms with Gasteiger partial charge in [0.15, 0.2) is 0 Å². The molecule has 0 amide bonds. The second-order valence-corrected chi connectivity index (χ2v) is 4.30. The normalized spacial score (nSPS) is 10.4. The number of hydrogen-bond acceptors (Lipinski definition) is 5. The zero-order valence-electron chi connectivity index (χ0n) is 11.4. The van der Waals surface area contributed by atoms with Crippen molar-refractivity contribution in [3.8, 4) is 11.4 Å². The summed E-state index contributed by atoms with van der Waals surface area (Å²) >= 11 is 0. The minimum Gasteiger partial charge on any atom is -0.494 e. The van der Waals surface area contributed by atoms with Gasteiger partial charge in [-0.25, -0.2) is 0 Å². The maximum Gasteiger partial charge on any atom is 0.273 e. The van der Waals surface area contributed by atoms with E-state index >= 15 is 0 Å². The summed E-state index contributed by atoms with van der Waals surface area (Å²) in [5, 5.41) is 19.7. The van der Waals surface area contributed by atoms with Crippen LogP contribution in [0, 0.1) is 10.1 Å². The van der Waals surface area contributed by atoms with Crippen LogP contribution in [0.5, 0.6) is 5.75 Å². The summed E-state index contributed by atoms with van der Waals surface area (Å²) in [5.74, 6) is 0.229. The van der Waals surface area contributed by atoms with Gasteiger partial charge in [0.05, 0.1) is 23.8 Å². The zero-order chi connectivity index (χ0) is 15.4. The van der Waals surface area contributed by atoms with Crippen molar-refractivity contribution >= 4 is 5.69 Å². The molecule has 110 valence electrons. The van der Waals surface area contributed by atoms with Gasteiger partial charge in [0.25, 0.3) is 11.2 Å². The predicted octanol–water partition coefficient (Wildman–Crippen LogP) is 1.29. The highest BCUT2D eigenvalue weighted by Crippen LogP contribution is 2.26. The SMILES string of the molecule is COc1cc([N+](=O)[O-])ccc1-n1cccc(CCO)c1=O. The van der Waals surface area contributed by atoms with Gasteiger partial charge >= 0.3 is 0 Å². The molecule has 1 aromatic heterocycles. The van der Waals surface area contributed by atoms with Crippen molar-refractivity contribution in [2.24, 2.45) is 0 Å². The molecule has 7 nitrogen and oxygen atoms in total. The fraction of sp³-hybridized carbons (Fsp3) is 0.214. The summed E-state index contributed by atoms with van der Waals surface area (Å²) < 4.78 is 6.47. The molecule has 1 heterocycles. The van der Waals surface area contributed by atoms with E-state index in [0.29, 0.717) is 11.3 Å². The Morgan fingerprint density at radius 2 is 2.14 bits per heavy atom. The Morgan fingerprint density at radius 3 is 2.76 bits per heavy atom. The molecule has 0 unspecified atom stereocenters. The number of non-ortho nitro benzene ring substituents is 1. The Hall–Kier alpha value is -2.67. The van der Waals surface area contributed by atoms with Crippen LogP contribution in [-0.4, -0.2) is 28.3 Å². The largest absolute Gasteiger partial charge is 0.494 e. The van der Waals surface area contributed by atoms with Crippen LogP contribution in [0.25, 0.3) is 5.69 Å². The number of nitro groups is 1. The van der Waals surface area contributed by atoms with E-state index in [1.807, 2.05) is 0 Å². The highest BCUT2D eigenvalue weighted by Gasteiger charge is 2.14. The molecule has 0 aliphatic rings. The molecule has 0 spiro atoms. The smallest absolute Gasteiger partial charge is 0.273 e. The van der Waals surface area contributed by atoms with Gasteiger partial charge < -0.3 is 9.84 Å². The standard InChI is InChI=1S/C14H14N2O5/c1-21-13-9-11(16(19)20)4-5-12(13)15-7-2-3-10(6-8-17)14(15)18/h2-5,7,9,17H,6,8H2,1H3. The topological polar surface area (TPSA) is 94.6 Å². The zero-order valence-corrected chi connectivity index (χ0v) is 11.4. The highest BCUT2D eigenvalue weighted by molar-refractivity contribution is 5.53. The van der Waals surface area contributed by atoms with Crippen LogP contribution in [-0.2, 0) is 6.42 Å². The number of benzene rings is 1. The van der Waals surface area contributed by atoms with Gasteiger partial charge in [0, 0.05) is 30.9 Å². The van der Waals surface area contributed by atoms with Crippen molar-refractivity contribution in [2.75, 3.05) is 13.7 Å². The molecule has 0 saturated heterocycles. The van der Waals surface area contributed by atoms with E-state index in [9.17, 15) is 14.9 Å². The average Bonchev–Trinajstić information content (AvgIpc) is 2.49. The predicted molar refractivity (Wildman–Crippen MR) is 76.0 cm³/mol. The van der Waals surface area contributed by atoms with E-state index in [1.54, 1.807) is 18.3 Å². The molecule has 0 fully saturated rings. The fourth-order valence-electron chi connectivity index (χ4n) is 2.02. The van der Waals surface area contributed by atoms with Gasteiger partial charge in [-0.3, -0.25) is 19.5 Å². The molecular weight excluding hydrogens is 276 g/mol. The molecule has 1 aromatic carbocycles. The number of ether oxygens (including phenoxy) is 1. The number of aromatic nitrogens is 1. The Bertz CT molecular complexity index is 724. The van der Waals surface area contributed by atoms with Crippen LogP contribution in [0.2, 0.25) is 0 Å². The fourth-order valence-corrected chi connectivity index (χ4v) is 2.02. The molecule has 0 aliphatic carbocycles. The van der Waals surface area contributed by atoms with Crippen molar-refractivity contribution in [1.82, 2.24) is 4.57 Å². The Kier molecular flexibility index (Phi) is 4.34. The first kappa shape index (κ1) is 14.7. The van der Waals surface area contributed by atoms with Crippen LogP contribution in [0.4, 0.5) is 5.69 Å². The molecule has 21 heavy (non-hydrogen) atoms. The molecule has 0 aliphatic heterocycles. The summed E-state index contributed by atoms with van der Waals surface area (Å²) in [6.45, 7) is -0.128. The minimum absolute atomic E-state index is 0.116. The second-order valence-electron chi connectivity index (χ2n) is 4.30. The van der Waals surface area contributed by atoms with Gasteiger partial charge in [-0.1, -0.05) is 6.07 Å². The lowest BCUT2D eigenvalue weighted by Crippen LogP contribution is -2.22. The summed E-state index contributed by atoms with van der Waals surface area (Å²) in [7, 11) is 1.38. The molecule has 0 atom stereocenters. The van der Waals surface area contributed by atoms with E-state index in [-0.39, 0.29) is 30.0 Å². The van der Waals surface area contributed by atoms with E-state index < -0.39 is 4.92 Å². The maximum atomic E-state index is 12.3. The lowest BCUT2D eigenvalue weighted by atomic mass is 10.2. The van der Waals surface area contributed by atoms with E-state index in [0.717, 1.165) is 0 Å². The molecule has 1 N–H and O–H groups in total. The molecule has 2 aromatic rings. The van der Waals surface area contributed by atoms with Gasteiger partial charge in [-0.15, -0.1) is 0 Å². The quantitative estimate of drug-likeness (QED) is 0.661. The Morgan fingerprint density at radius 1 is 1.38 bits per heavy atom. The second kappa shape index (κ2) is 6.19. The number of hydrogen-bond donors (Lipinski definition) is 1. The van der Waals surface area contributed by atoms with E-state index in [1.165, 1.54) is 29.9 Å². The minimum atomic E-state index is -0.530. The molecule has 0 bridgehead atoms. The van der Waals surface area contributed by atoms with E-state index in [4.69, 9.17) is 9.84 Å². The maximum absolute atomic E-state index is 12.3. The van der Waals surface area contributed by atoms with Crippen LogP contribution in [0.15, 0.2) is 41.3 Å². The van der Waals surface area contributed by atoms with Gasteiger partial charge in [-0.05, 0) is 12.1 Å². The third kappa shape index (κ3) is 2.92. The molecule has 7 heteroatoms. The van der Waals surface area contributed by atoms with Crippen LogP contribution < -0.4 is 10.3 Å². The van der Waals surface area contributed by atoms with Crippen molar-refractivity contribution in [3.63, 3.8) is 0 Å². The number of methoxy groups -OCH3 is 1. The number of nitrogens with zero attached hydrogens (tertiary/aromatic N) is 2. The first-order valence-electron chi connectivity index (χ1n) is 6.22. The third-order valence-corrected chi connectivity index (χ3v) is 3.04. The highest BCUT2D eigenvalue weighted by atomic mass is 16.6. The number of aliphatic hydroxyl groups excluding tert-OH is 1. The molecular formula is C14H14N2O5. The summed E-state index contributed by atoms with van der Waals surface area (Å²) in [5.41, 5.74) is 0.460. The van der Waals surface area contributed by atoms with Crippen molar-refractivity contribution in [3.05, 3.63) is 62.6 Å². The molecule has 0 radical (unpaired) electrons. The van der Waals surface area contributed by atoms with Gasteiger partial charge in [-0.2, -0.15) is 0 Å². The first-order chi connectivity index (χ1) is 10.1. The number of nitro benzene ring substituents is 1. The summed E-state index contributed by atoms with van der Waals surface area (Å²) in [6.07, 6.45) is 1.79. The number of rotatable bonds is 5. The van der Waals surface area contributed by atoms with Crippen molar-refractivity contribution in [1.29, 1.82) is 0 Å². The lowest BCUT2D eigenvalue weighted by molar-refractivity contribution is -0.384. The van der Waals surface area contributed by atoms with Gasteiger partial charge in [0.1, 0.15) is 5.75 Å². The van der Waals surface area contributed by atoms with Crippen LogP contribution >= 0.6 is 0 Å². The van der Waals surface area contributed by atoms with Crippen LogP contribution in [0.1, 0.15) is 5.56 Å².